The molecule has 0 bridgehead atoms. The minimum atomic E-state index is -1.24. The van der Waals surface area contributed by atoms with E-state index in [0.29, 0.717) is 12.0 Å². The first kappa shape index (κ1) is 49.7. The van der Waals surface area contributed by atoms with Gasteiger partial charge in [-0.05, 0) is 76.1 Å². The molecule has 15 heteroatoms. The standard InChI is InChI=1S/C44H65N5O10/c1-13-26(5)37-40(53)46-31(10)44(57)59-38(27(6)14-2)28(7)16-15-17-29(8)43(56)58-35(22-25(3)4)39(52)45-30(9)41(54)49(12)34(23-32-18-20-33(50)21-19-32)42(55)48(11)24-36(51)47-37/h14-21,25-26,28,30-31,34-35,37-38,50H,13,22-24H2,1-12H3,(H,45,52)(H,46,53)(H,47,51)/b16-15+,27-14+,29-17+/t26?,28-,30-,31+,34+,35+,37-,38+/m0/s1. The van der Waals surface area contributed by atoms with E-state index in [-0.39, 0.29) is 41.9 Å². The van der Waals surface area contributed by atoms with Crippen LogP contribution in [0.3, 0.4) is 0 Å². The molecule has 326 valence electrons. The van der Waals surface area contributed by atoms with E-state index in [2.05, 4.69) is 16.0 Å². The van der Waals surface area contributed by atoms with E-state index >= 15 is 0 Å². The maximum Gasteiger partial charge on any atom is 0.334 e. The summed E-state index contributed by atoms with van der Waals surface area (Å²) in [6.07, 6.45) is 5.39. The zero-order chi connectivity index (χ0) is 44.7. The number of esters is 2. The number of likely N-dealkylation sites (N-methyl/N-ethyl adjacent to an activating group) is 2. The molecule has 0 radical (unpaired) electrons. The van der Waals surface area contributed by atoms with Crippen LogP contribution < -0.4 is 16.0 Å². The highest BCUT2D eigenvalue weighted by Crippen LogP contribution is 2.21. The highest BCUT2D eigenvalue weighted by atomic mass is 16.6. The first-order chi connectivity index (χ1) is 27.6. The Hall–Kier alpha value is -5.47. The number of nitrogens with one attached hydrogen (secondary N) is 3. The summed E-state index contributed by atoms with van der Waals surface area (Å²) >= 11 is 0. The van der Waals surface area contributed by atoms with E-state index in [1.54, 1.807) is 51.1 Å². The van der Waals surface area contributed by atoms with Crippen LogP contribution in [0.25, 0.3) is 0 Å². The lowest BCUT2D eigenvalue weighted by Crippen LogP contribution is -2.57. The van der Waals surface area contributed by atoms with Gasteiger partial charge in [-0.2, -0.15) is 0 Å². The number of carbonyl (C=O) groups is 7. The predicted octanol–water partition coefficient (Wildman–Crippen LogP) is 3.75. The number of ether oxygens (including phenoxy) is 2. The van der Waals surface area contributed by atoms with Crippen LogP contribution in [0.1, 0.15) is 87.6 Å². The number of amides is 5. The van der Waals surface area contributed by atoms with E-state index in [0.717, 1.165) is 10.5 Å². The molecule has 1 aromatic carbocycles. The fourth-order valence-corrected chi connectivity index (χ4v) is 6.31. The number of hydrogen-bond acceptors (Lipinski definition) is 10. The molecular weight excluding hydrogens is 759 g/mol. The smallest absolute Gasteiger partial charge is 0.334 e. The SMILES string of the molecule is C/C=C(\C)[C@H]1OC(=O)[C@@H](C)NC(=O)[C@H](C(C)CC)NC(=O)CN(C)C(=O)[C@@H](Cc2ccc(O)cc2)N(C)C(=O)[C@H](C)NC(=O)[C@@H](CC(C)C)OC(=O)/C(C)=C/C=C/[C@@H]1C. The van der Waals surface area contributed by atoms with Gasteiger partial charge in [-0.25, -0.2) is 9.59 Å². The van der Waals surface area contributed by atoms with Crippen LogP contribution >= 0.6 is 0 Å². The second-order valence-corrected chi connectivity index (χ2v) is 15.9. The molecule has 0 saturated heterocycles. The van der Waals surface area contributed by atoms with Crippen molar-refractivity contribution in [3.8, 4) is 5.75 Å². The highest BCUT2D eigenvalue weighted by Gasteiger charge is 2.36. The average Bonchev–Trinajstić information content (AvgIpc) is 3.18. The summed E-state index contributed by atoms with van der Waals surface area (Å²) < 4.78 is 11.6. The van der Waals surface area contributed by atoms with E-state index in [1.165, 1.54) is 58.0 Å². The van der Waals surface area contributed by atoms with Crippen LogP contribution in [0, 0.1) is 17.8 Å². The molecule has 5 amide bonds. The third-order valence-electron chi connectivity index (χ3n) is 10.4. The lowest BCUT2D eigenvalue weighted by Gasteiger charge is -2.33. The molecule has 1 unspecified atom stereocenters. The minimum absolute atomic E-state index is 0.00178. The second-order valence-electron chi connectivity index (χ2n) is 15.9. The van der Waals surface area contributed by atoms with Gasteiger partial charge >= 0.3 is 11.9 Å². The monoisotopic (exact) mass is 823 g/mol. The fourth-order valence-electron chi connectivity index (χ4n) is 6.31. The molecule has 0 aromatic heterocycles. The van der Waals surface area contributed by atoms with E-state index < -0.39 is 84.4 Å². The third-order valence-corrected chi connectivity index (χ3v) is 10.4. The van der Waals surface area contributed by atoms with Gasteiger partial charge in [0.15, 0.2) is 6.10 Å². The van der Waals surface area contributed by atoms with Gasteiger partial charge in [0.05, 0.1) is 6.54 Å². The van der Waals surface area contributed by atoms with Crippen LogP contribution in [-0.2, 0) is 49.5 Å². The summed E-state index contributed by atoms with van der Waals surface area (Å²) in [5.41, 5.74) is 1.54. The maximum absolute atomic E-state index is 14.1. The van der Waals surface area contributed by atoms with Gasteiger partial charge in [-0.1, -0.05) is 77.5 Å². The lowest BCUT2D eigenvalue weighted by molar-refractivity contribution is -0.154. The summed E-state index contributed by atoms with van der Waals surface area (Å²) in [5, 5.41) is 17.9. The molecule has 0 aliphatic carbocycles. The number of phenolic OH excluding ortho intramolecular Hbond substituents is 1. The molecule has 4 N–H and O–H groups in total. The molecule has 0 saturated carbocycles. The molecule has 1 aliphatic heterocycles. The van der Waals surface area contributed by atoms with Crippen molar-refractivity contribution in [1.82, 2.24) is 25.8 Å². The predicted molar refractivity (Wildman–Crippen MR) is 223 cm³/mol. The minimum Gasteiger partial charge on any atom is -0.508 e. The highest BCUT2D eigenvalue weighted by molar-refractivity contribution is 5.96. The number of phenols is 1. The van der Waals surface area contributed by atoms with E-state index in [9.17, 15) is 38.7 Å². The molecule has 0 spiro atoms. The summed E-state index contributed by atoms with van der Waals surface area (Å²) in [6.45, 7) is 16.8. The summed E-state index contributed by atoms with van der Waals surface area (Å²) in [5.74, 6) is -5.48. The van der Waals surface area contributed by atoms with Crippen molar-refractivity contribution in [2.75, 3.05) is 20.6 Å². The molecule has 0 fully saturated rings. The molecule has 15 nitrogen and oxygen atoms in total. The first-order valence-electron chi connectivity index (χ1n) is 20.2. The van der Waals surface area contributed by atoms with E-state index in [4.69, 9.17) is 9.47 Å². The van der Waals surface area contributed by atoms with Gasteiger partial charge < -0.3 is 40.3 Å². The summed E-state index contributed by atoms with van der Waals surface area (Å²) in [4.78, 5) is 97.8. The molecule has 1 heterocycles. The number of aromatic hydroxyl groups is 1. The number of carbonyl (C=O) groups excluding carboxylic acids is 7. The molecule has 8 atom stereocenters. The van der Waals surface area contributed by atoms with Crippen molar-refractivity contribution in [3.63, 3.8) is 0 Å². The Morgan fingerprint density at radius 3 is 2.08 bits per heavy atom. The molecule has 1 aromatic rings. The van der Waals surface area contributed by atoms with Crippen LogP contribution in [0.5, 0.6) is 5.75 Å². The molecule has 59 heavy (non-hydrogen) atoms. The Morgan fingerprint density at radius 2 is 1.51 bits per heavy atom. The number of hydrogen-bond donors (Lipinski definition) is 4. The largest absolute Gasteiger partial charge is 0.508 e. The van der Waals surface area contributed by atoms with Crippen molar-refractivity contribution in [2.24, 2.45) is 17.8 Å². The van der Waals surface area contributed by atoms with Gasteiger partial charge in [0.2, 0.25) is 23.6 Å². The van der Waals surface area contributed by atoms with Crippen LogP contribution in [0.4, 0.5) is 0 Å². The second kappa shape index (κ2) is 23.2. The van der Waals surface area contributed by atoms with Gasteiger partial charge in [-0.3, -0.25) is 24.0 Å². The van der Waals surface area contributed by atoms with E-state index in [1.807, 2.05) is 27.7 Å². The number of rotatable bonds is 7. The number of allylic oxidation sites excluding steroid dienone is 3. The fraction of sp³-hybridized carbons (Fsp3) is 0.568. The lowest BCUT2D eigenvalue weighted by atomic mass is 9.97. The number of cyclic esters (lactones) is 2. The Kier molecular flexibility index (Phi) is 19.5. The zero-order valence-electron chi connectivity index (χ0n) is 36.7. The zero-order valence-corrected chi connectivity index (χ0v) is 36.7. The van der Waals surface area contributed by atoms with Crippen molar-refractivity contribution in [3.05, 3.63) is 65.3 Å². The van der Waals surface area contributed by atoms with Crippen molar-refractivity contribution < 1.29 is 48.1 Å². The summed E-state index contributed by atoms with van der Waals surface area (Å²) in [7, 11) is 2.80. The van der Waals surface area contributed by atoms with Crippen LogP contribution in [0.15, 0.2) is 59.7 Å². The first-order valence-corrected chi connectivity index (χ1v) is 20.2. The van der Waals surface area contributed by atoms with Crippen LogP contribution in [0.2, 0.25) is 0 Å². The Balaban J connectivity index is 2.63. The van der Waals surface area contributed by atoms with Gasteiger partial charge in [-0.15, -0.1) is 0 Å². The normalized spacial score (nSPS) is 27.8. The van der Waals surface area contributed by atoms with Gasteiger partial charge in [0.1, 0.15) is 36.0 Å². The molecule has 1 aliphatic rings. The van der Waals surface area contributed by atoms with Crippen LogP contribution in [-0.4, -0.2) is 113 Å². The molecule has 2 rings (SSSR count). The Morgan fingerprint density at radius 1 is 0.898 bits per heavy atom. The summed E-state index contributed by atoms with van der Waals surface area (Å²) in [6, 6.07) is 1.58. The van der Waals surface area contributed by atoms with Gasteiger partial charge in [0.25, 0.3) is 5.91 Å². The number of benzene rings is 1. The third kappa shape index (κ3) is 15.0. The topological polar surface area (TPSA) is 201 Å². The van der Waals surface area contributed by atoms with Crippen molar-refractivity contribution in [2.45, 2.75) is 125 Å². The maximum atomic E-state index is 14.1. The van der Waals surface area contributed by atoms with Crippen molar-refractivity contribution >= 4 is 41.5 Å². The Labute approximate surface area is 349 Å². The van der Waals surface area contributed by atoms with Crippen molar-refractivity contribution in [1.29, 1.82) is 0 Å². The average molecular weight is 824 g/mol. The quantitative estimate of drug-likeness (QED) is 0.232. The molecular formula is C44H65N5O10. The Bertz CT molecular complexity index is 1750. The van der Waals surface area contributed by atoms with Gasteiger partial charge in [0, 0.05) is 32.0 Å². The number of nitrogens with zero attached hydrogens (tertiary/aromatic N) is 2.